The highest BCUT2D eigenvalue weighted by atomic mass is 35.5. The maximum Gasteiger partial charge on any atom is 0.268 e. The zero-order valence-electron chi connectivity index (χ0n) is 13.1. The van der Waals surface area contributed by atoms with Crippen LogP contribution in [0, 0.1) is 0 Å². The van der Waals surface area contributed by atoms with E-state index >= 15 is 0 Å². The molecule has 0 spiro atoms. The lowest BCUT2D eigenvalue weighted by atomic mass is 10.1. The van der Waals surface area contributed by atoms with Gasteiger partial charge in [-0.25, -0.2) is 5.10 Å². The molecule has 3 N–H and O–H groups in total. The number of anilines is 1. The molecule has 2 aromatic rings. The van der Waals surface area contributed by atoms with Crippen molar-refractivity contribution < 1.29 is 7.48 Å². The molecule has 3 rings (SSSR count). The van der Waals surface area contributed by atoms with Crippen molar-refractivity contribution in [2.75, 3.05) is 5.73 Å². The predicted molar refractivity (Wildman–Crippen MR) is 82.5 cm³/mol. The Labute approximate surface area is 133 Å². The average molecular weight is 328 g/mol. The van der Waals surface area contributed by atoms with Crippen LogP contribution < -0.4 is 16.0 Å². The summed E-state index contributed by atoms with van der Waals surface area (Å²) in [5, 5.41) is 6.11. The summed E-state index contributed by atoms with van der Waals surface area (Å²) in [7, 11) is 0. The van der Waals surface area contributed by atoms with Crippen molar-refractivity contribution in [3.63, 3.8) is 0 Å². The average Bonchev–Trinajstić information content (AvgIpc) is 2.93. The molecule has 1 unspecified atom stereocenters. The van der Waals surface area contributed by atoms with E-state index in [9.17, 15) is 4.79 Å². The third kappa shape index (κ3) is 2.47. The Morgan fingerprint density at radius 3 is 2.81 bits per heavy atom. The van der Waals surface area contributed by atoms with Crippen LogP contribution in [-0.2, 0) is 6.42 Å². The van der Waals surface area contributed by atoms with Crippen molar-refractivity contribution in [1.29, 1.82) is 0 Å². The highest BCUT2D eigenvalue weighted by molar-refractivity contribution is 6.37. The standard InChI is InChI=1S/C14H13Cl2N3O2/c1-6-2-3-8-11(6)13(20)18-19-14(8)21-12-9(15)4-7(17)5-10(12)16/h4-6H,2-3,17H2,1H3,(H,18,20)/i4D,5D. The Balaban J connectivity index is 2.14. The molecule has 0 fully saturated rings. The van der Waals surface area contributed by atoms with Crippen molar-refractivity contribution in [3.05, 3.63) is 43.6 Å². The van der Waals surface area contributed by atoms with Gasteiger partial charge in [-0.15, -0.1) is 5.10 Å². The van der Waals surface area contributed by atoms with Gasteiger partial charge >= 0.3 is 0 Å². The molecule has 0 aliphatic heterocycles. The molecule has 1 aliphatic carbocycles. The number of hydrogen-bond acceptors (Lipinski definition) is 4. The van der Waals surface area contributed by atoms with Gasteiger partial charge in [0.15, 0.2) is 5.75 Å². The van der Waals surface area contributed by atoms with Crippen LogP contribution in [0.5, 0.6) is 11.6 Å². The predicted octanol–water partition coefficient (Wildman–Crippen LogP) is 3.50. The first kappa shape index (κ1) is 11.9. The number of nitrogens with zero attached hydrogens (tertiary/aromatic N) is 1. The second-order valence-electron chi connectivity index (χ2n) is 4.91. The lowest BCUT2D eigenvalue weighted by Crippen LogP contribution is -2.16. The SMILES string of the molecule is [2H]c1c(N)c([2H])c(Cl)c(Oc2n[nH]c(=O)c3c2CCC3C)c1Cl. The molecule has 21 heavy (non-hydrogen) atoms. The second kappa shape index (κ2) is 5.24. The van der Waals surface area contributed by atoms with E-state index in [4.69, 9.17) is 36.4 Å². The van der Waals surface area contributed by atoms with E-state index in [1.165, 1.54) is 0 Å². The third-order valence-electron chi connectivity index (χ3n) is 3.49. The third-order valence-corrected chi connectivity index (χ3v) is 4.03. The van der Waals surface area contributed by atoms with E-state index in [1.807, 2.05) is 6.92 Å². The van der Waals surface area contributed by atoms with Crippen LogP contribution in [0.25, 0.3) is 0 Å². The Kier molecular flexibility index (Phi) is 2.97. The van der Waals surface area contributed by atoms with Crippen LogP contribution in [0.3, 0.4) is 0 Å². The molecule has 0 radical (unpaired) electrons. The zero-order valence-corrected chi connectivity index (χ0v) is 12.6. The molecule has 1 aliphatic rings. The van der Waals surface area contributed by atoms with Crippen LogP contribution in [0.2, 0.25) is 10.0 Å². The fraction of sp³-hybridized carbons (Fsp3) is 0.286. The van der Waals surface area contributed by atoms with Gasteiger partial charge in [-0.2, -0.15) is 0 Å². The van der Waals surface area contributed by atoms with E-state index in [0.29, 0.717) is 17.5 Å². The molecule has 110 valence electrons. The Morgan fingerprint density at radius 2 is 2.14 bits per heavy atom. The van der Waals surface area contributed by atoms with Gasteiger partial charge in [0, 0.05) is 16.8 Å². The van der Waals surface area contributed by atoms with Gasteiger partial charge < -0.3 is 10.5 Å². The number of rotatable bonds is 2. The number of hydrogen-bond donors (Lipinski definition) is 2. The quantitative estimate of drug-likeness (QED) is 0.827. The maximum absolute atomic E-state index is 11.9. The number of benzene rings is 1. The summed E-state index contributed by atoms with van der Waals surface area (Å²) in [6, 6.07) is -0.462. The molecule has 1 aromatic heterocycles. The van der Waals surface area contributed by atoms with E-state index < -0.39 is 0 Å². The molecule has 0 saturated heterocycles. The van der Waals surface area contributed by atoms with Gasteiger partial charge in [0.2, 0.25) is 5.88 Å². The largest absolute Gasteiger partial charge is 0.434 e. The topological polar surface area (TPSA) is 81.0 Å². The van der Waals surface area contributed by atoms with Crippen LogP contribution in [-0.4, -0.2) is 10.2 Å². The number of aromatic amines is 1. The monoisotopic (exact) mass is 327 g/mol. The van der Waals surface area contributed by atoms with Gasteiger partial charge in [0.25, 0.3) is 5.56 Å². The van der Waals surface area contributed by atoms with E-state index in [-0.39, 0.29) is 50.9 Å². The molecule has 0 amide bonds. The van der Waals surface area contributed by atoms with Gasteiger partial charge in [-0.05, 0) is 30.8 Å². The van der Waals surface area contributed by atoms with Crippen LogP contribution >= 0.6 is 23.2 Å². The summed E-state index contributed by atoms with van der Waals surface area (Å²) in [5.41, 5.74) is 6.58. The normalized spacial score (nSPS) is 18.1. The van der Waals surface area contributed by atoms with Gasteiger partial charge in [0.1, 0.15) is 0 Å². The van der Waals surface area contributed by atoms with Gasteiger partial charge in [-0.3, -0.25) is 4.79 Å². The highest BCUT2D eigenvalue weighted by Crippen LogP contribution is 2.41. The second-order valence-corrected chi connectivity index (χ2v) is 5.67. The van der Waals surface area contributed by atoms with E-state index in [1.54, 1.807) is 0 Å². The van der Waals surface area contributed by atoms with Crippen molar-refractivity contribution in [1.82, 2.24) is 10.2 Å². The fourth-order valence-corrected chi connectivity index (χ4v) is 3.02. The minimum Gasteiger partial charge on any atom is -0.434 e. The Bertz CT molecular complexity index is 841. The summed E-state index contributed by atoms with van der Waals surface area (Å²) in [5.74, 6) is 0.227. The molecule has 1 heterocycles. The van der Waals surface area contributed by atoms with Crippen LogP contribution in [0.1, 0.15) is 33.1 Å². The van der Waals surface area contributed by atoms with Crippen molar-refractivity contribution in [2.45, 2.75) is 25.7 Å². The zero-order chi connectivity index (χ0) is 16.9. The summed E-state index contributed by atoms with van der Waals surface area (Å²) in [4.78, 5) is 11.9. The van der Waals surface area contributed by atoms with Crippen molar-refractivity contribution in [3.8, 4) is 11.6 Å². The molecule has 0 saturated carbocycles. The number of H-pyrrole nitrogens is 1. The number of halogens is 2. The first-order valence-corrected chi connectivity index (χ1v) is 7.11. The molecular weight excluding hydrogens is 313 g/mol. The fourth-order valence-electron chi connectivity index (χ4n) is 2.50. The molecule has 5 nitrogen and oxygen atoms in total. The molecular formula is C14H13Cl2N3O2. The minimum atomic E-state index is -0.241. The number of nitrogens with one attached hydrogen (secondary N) is 1. The molecule has 1 atom stereocenters. The number of nitrogens with two attached hydrogens (primary N) is 1. The first-order valence-electron chi connectivity index (χ1n) is 7.35. The lowest BCUT2D eigenvalue weighted by Gasteiger charge is -2.12. The van der Waals surface area contributed by atoms with Gasteiger partial charge in [-0.1, -0.05) is 30.1 Å². The van der Waals surface area contributed by atoms with Crippen LogP contribution in [0.4, 0.5) is 5.69 Å². The van der Waals surface area contributed by atoms with Crippen molar-refractivity contribution >= 4 is 28.9 Å². The van der Waals surface area contributed by atoms with E-state index in [2.05, 4.69) is 10.2 Å². The summed E-state index contributed by atoms with van der Waals surface area (Å²) < 4.78 is 21.3. The number of nitrogen functional groups attached to an aromatic ring is 1. The lowest BCUT2D eigenvalue weighted by molar-refractivity contribution is 0.448. The van der Waals surface area contributed by atoms with Crippen molar-refractivity contribution in [2.24, 2.45) is 0 Å². The Hall–Kier alpha value is -1.72. The molecule has 1 aromatic carbocycles. The first-order chi connectivity index (χ1) is 10.8. The molecule has 0 bridgehead atoms. The smallest absolute Gasteiger partial charge is 0.268 e. The number of fused-ring (bicyclic) bond motifs is 1. The summed E-state index contributed by atoms with van der Waals surface area (Å²) in [6.07, 6.45) is 1.46. The minimum absolute atomic E-state index is 0.0566. The number of ether oxygens (including phenoxy) is 1. The number of aromatic nitrogens is 2. The maximum atomic E-state index is 11.9. The molecule has 7 heteroatoms. The van der Waals surface area contributed by atoms with Gasteiger partial charge in [0.05, 0.1) is 12.8 Å². The highest BCUT2D eigenvalue weighted by Gasteiger charge is 2.27. The Morgan fingerprint density at radius 1 is 1.48 bits per heavy atom. The van der Waals surface area contributed by atoms with Crippen LogP contribution in [0.15, 0.2) is 16.9 Å². The van der Waals surface area contributed by atoms with E-state index in [0.717, 1.165) is 6.42 Å². The summed E-state index contributed by atoms with van der Waals surface area (Å²) in [6.45, 7) is 1.96. The summed E-state index contributed by atoms with van der Waals surface area (Å²) >= 11 is 12.2.